The minimum Gasteiger partial charge on any atom is -0.357 e. The number of nitrogens with zero attached hydrogens (tertiary/aromatic N) is 3. The van der Waals surface area contributed by atoms with Crippen molar-refractivity contribution in [2.45, 2.75) is 19.9 Å². The quantitative estimate of drug-likeness (QED) is 0.423. The van der Waals surface area contributed by atoms with Gasteiger partial charge in [0.15, 0.2) is 5.96 Å². The van der Waals surface area contributed by atoms with Gasteiger partial charge in [-0.05, 0) is 25.7 Å². The highest BCUT2D eigenvalue weighted by molar-refractivity contribution is 7.98. The Morgan fingerprint density at radius 1 is 1.44 bits per heavy atom. The molecule has 0 unspecified atom stereocenters. The number of nitrogens with one attached hydrogen (secondary N) is 2. The molecule has 0 aromatic carbocycles. The molecule has 5 nitrogen and oxygen atoms in total. The van der Waals surface area contributed by atoms with Crippen LogP contribution < -0.4 is 10.6 Å². The number of rotatable bonds is 8. The third kappa shape index (κ3) is 6.54. The van der Waals surface area contributed by atoms with Gasteiger partial charge in [0.05, 0.1) is 0 Å². The summed E-state index contributed by atoms with van der Waals surface area (Å²) < 4.78 is 1.93. The van der Waals surface area contributed by atoms with Crippen LogP contribution in [0.3, 0.4) is 0 Å². The van der Waals surface area contributed by atoms with Crippen molar-refractivity contribution >= 4 is 17.7 Å². The fraction of sp³-hybridized carbons (Fsp3) is 0.667. The van der Waals surface area contributed by atoms with Crippen LogP contribution in [-0.2, 0) is 6.54 Å². The van der Waals surface area contributed by atoms with Gasteiger partial charge in [-0.15, -0.1) is 0 Å². The zero-order valence-electron chi connectivity index (χ0n) is 11.2. The van der Waals surface area contributed by atoms with Crippen LogP contribution in [0.15, 0.2) is 23.5 Å². The predicted octanol–water partition coefficient (Wildman–Crippen LogP) is 1.19. The van der Waals surface area contributed by atoms with E-state index in [0.29, 0.717) is 0 Å². The van der Waals surface area contributed by atoms with E-state index in [9.17, 15) is 0 Å². The Hall–Kier alpha value is -1.17. The molecular formula is C12H23N5S. The molecule has 0 aliphatic heterocycles. The van der Waals surface area contributed by atoms with E-state index in [1.165, 1.54) is 0 Å². The maximum absolute atomic E-state index is 4.53. The van der Waals surface area contributed by atoms with Crippen molar-refractivity contribution in [2.75, 3.05) is 31.6 Å². The SMILES string of the molecule is CCNC(=NCCCn1cccn1)NCCSC. The molecule has 0 amide bonds. The zero-order chi connectivity index (χ0) is 13.1. The van der Waals surface area contributed by atoms with Crippen LogP contribution in [0, 0.1) is 0 Å². The van der Waals surface area contributed by atoms with Crippen molar-refractivity contribution in [1.29, 1.82) is 0 Å². The van der Waals surface area contributed by atoms with E-state index in [0.717, 1.165) is 44.3 Å². The Bertz CT molecular complexity index is 323. The second-order valence-corrected chi connectivity index (χ2v) is 4.79. The van der Waals surface area contributed by atoms with Gasteiger partial charge < -0.3 is 10.6 Å². The predicted molar refractivity (Wildman–Crippen MR) is 79.2 cm³/mol. The van der Waals surface area contributed by atoms with E-state index < -0.39 is 0 Å². The van der Waals surface area contributed by atoms with E-state index in [2.05, 4.69) is 33.9 Å². The summed E-state index contributed by atoms with van der Waals surface area (Å²) in [5.74, 6) is 2.00. The fourth-order valence-electron chi connectivity index (χ4n) is 1.47. The Kier molecular flexibility index (Phi) is 8.12. The average molecular weight is 269 g/mol. The highest BCUT2D eigenvalue weighted by atomic mass is 32.2. The van der Waals surface area contributed by atoms with Gasteiger partial charge in [-0.1, -0.05) is 0 Å². The van der Waals surface area contributed by atoms with Crippen molar-refractivity contribution in [1.82, 2.24) is 20.4 Å². The van der Waals surface area contributed by atoms with Gasteiger partial charge in [-0.25, -0.2) is 0 Å². The Labute approximate surface area is 113 Å². The third-order valence-corrected chi connectivity index (χ3v) is 2.93. The average Bonchev–Trinajstić information content (AvgIpc) is 2.88. The van der Waals surface area contributed by atoms with Crippen LogP contribution in [0.4, 0.5) is 0 Å². The first kappa shape index (κ1) is 14.9. The number of aryl methyl sites for hydroxylation is 1. The summed E-state index contributed by atoms with van der Waals surface area (Å²) in [6.45, 7) is 5.65. The monoisotopic (exact) mass is 269 g/mol. The summed E-state index contributed by atoms with van der Waals surface area (Å²) in [6.07, 6.45) is 6.89. The number of guanidine groups is 1. The lowest BCUT2D eigenvalue weighted by Crippen LogP contribution is -2.38. The highest BCUT2D eigenvalue weighted by Crippen LogP contribution is 1.91. The lowest BCUT2D eigenvalue weighted by molar-refractivity contribution is 0.584. The molecule has 0 radical (unpaired) electrons. The van der Waals surface area contributed by atoms with E-state index in [4.69, 9.17) is 0 Å². The Morgan fingerprint density at radius 3 is 3.00 bits per heavy atom. The normalized spacial score (nSPS) is 11.6. The number of aliphatic imine (C=N–C) groups is 1. The van der Waals surface area contributed by atoms with Crippen molar-refractivity contribution in [3.05, 3.63) is 18.5 Å². The molecule has 102 valence electrons. The number of hydrogen-bond donors (Lipinski definition) is 2. The largest absolute Gasteiger partial charge is 0.357 e. The second kappa shape index (κ2) is 9.82. The molecule has 1 heterocycles. The summed E-state index contributed by atoms with van der Waals surface area (Å²) in [4.78, 5) is 4.53. The zero-order valence-corrected chi connectivity index (χ0v) is 12.0. The van der Waals surface area contributed by atoms with E-state index >= 15 is 0 Å². The standard InChI is InChI=1S/C12H23N5S/c1-3-13-12(15-8-11-18-2)14-6-4-9-17-10-5-7-16-17/h5,7,10H,3-4,6,8-9,11H2,1-2H3,(H2,13,14,15). The first-order valence-electron chi connectivity index (χ1n) is 6.35. The first-order valence-corrected chi connectivity index (χ1v) is 7.74. The van der Waals surface area contributed by atoms with Gasteiger partial charge in [-0.2, -0.15) is 16.9 Å². The molecule has 2 N–H and O–H groups in total. The molecule has 0 saturated carbocycles. The van der Waals surface area contributed by atoms with Gasteiger partial charge >= 0.3 is 0 Å². The fourth-order valence-corrected chi connectivity index (χ4v) is 1.78. The van der Waals surface area contributed by atoms with Gasteiger partial charge in [-0.3, -0.25) is 9.67 Å². The molecule has 0 aliphatic carbocycles. The first-order chi connectivity index (χ1) is 8.86. The minimum absolute atomic E-state index is 0.814. The van der Waals surface area contributed by atoms with Crippen molar-refractivity contribution < 1.29 is 0 Å². The Balaban J connectivity index is 2.21. The minimum atomic E-state index is 0.814. The Morgan fingerprint density at radius 2 is 2.33 bits per heavy atom. The maximum Gasteiger partial charge on any atom is 0.191 e. The van der Waals surface area contributed by atoms with Crippen LogP contribution in [0.5, 0.6) is 0 Å². The number of thioether (sulfide) groups is 1. The van der Waals surface area contributed by atoms with Gasteiger partial charge in [0.1, 0.15) is 0 Å². The van der Waals surface area contributed by atoms with Gasteiger partial charge in [0, 0.05) is 44.3 Å². The lowest BCUT2D eigenvalue weighted by atomic mass is 10.4. The molecule has 0 aliphatic rings. The van der Waals surface area contributed by atoms with Crippen LogP contribution in [0.2, 0.25) is 0 Å². The molecular weight excluding hydrogens is 246 g/mol. The topological polar surface area (TPSA) is 54.2 Å². The molecule has 0 fully saturated rings. The molecule has 0 atom stereocenters. The van der Waals surface area contributed by atoms with E-state index in [-0.39, 0.29) is 0 Å². The van der Waals surface area contributed by atoms with Crippen LogP contribution >= 0.6 is 11.8 Å². The smallest absolute Gasteiger partial charge is 0.191 e. The molecule has 1 rings (SSSR count). The molecule has 6 heteroatoms. The maximum atomic E-state index is 4.53. The molecule has 0 spiro atoms. The summed E-state index contributed by atoms with van der Waals surface area (Å²) >= 11 is 1.83. The van der Waals surface area contributed by atoms with Crippen molar-refractivity contribution in [3.63, 3.8) is 0 Å². The van der Waals surface area contributed by atoms with Crippen LogP contribution in [0.25, 0.3) is 0 Å². The summed E-state index contributed by atoms with van der Waals surface area (Å²) in [6, 6.07) is 1.94. The second-order valence-electron chi connectivity index (χ2n) is 3.80. The van der Waals surface area contributed by atoms with Crippen molar-refractivity contribution in [2.24, 2.45) is 4.99 Å². The molecule has 0 bridgehead atoms. The number of hydrogen-bond acceptors (Lipinski definition) is 3. The van der Waals surface area contributed by atoms with Crippen LogP contribution in [-0.4, -0.2) is 47.4 Å². The molecule has 1 aromatic heterocycles. The number of aromatic nitrogens is 2. The molecule has 1 aromatic rings. The highest BCUT2D eigenvalue weighted by Gasteiger charge is 1.96. The van der Waals surface area contributed by atoms with Crippen LogP contribution in [0.1, 0.15) is 13.3 Å². The van der Waals surface area contributed by atoms with Gasteiger partial charge in [0.2, 0.25) is 0 Å². The molecule has 0 saturated heterocycles. The summed E-state index contributed by atoms with van der Waals surface area (Å²) in [5, 5.41) is 10.7. The summed E-state index contributed by atoms with van der Waals surface area (Å²) in [5.41, 5.74) is 0. The van der Waals surface area contributed by atoms with E-state index in [1.807, 2.05) is 28.7 Å². The lowest BCUT2D eigenvalue weighted by Gasteiger charge is -2.10. The van der Waals surface area contributed by atoms with Crippen molar-refractivity contribution in [3.8, 4) is 0 Å². The third-order valence-electron chi connectivity index (χ3n) is 2.32. The molecule has 18 heavy (non-hydrogen) atoms. The van der Waals surface area contributed by atoms with Gasteiger partial charge in [0.25, 0.3) is 0 Å². The summed E-state index contributed by atoms with van der Waals surface area (Å²) in [7, 11) is 0. The van der Waals surface area contributed by atoms with E-state index in [1.54, 1.807) is 6.20 Å².